The summed E-state index contributed by atoms with van der Waals surface area (Å²) < 4.78 is 102. The predicted molar refractivity (Wildman–Crippen MR) is 291 cm³/mol. The fourth-order valence-corrected chi connectivity index (χ4v) is 13.7. The van der Waals surface area contributed by atoms with Crippen molar-refractivity contribution in [3.8, 4) is 22.5 Å². The summed E-state index contributed by atoms with van der Waals surface area (Å²) in [4.78, 5) is 19.0. The fourth-order valence-electron chi connectivity index (χ4n) is 11.9. The number of sulfone groups is 2. The van der Waals surface area contributed by atoms with Crippen LogP contribution in [0.4, 0.5) is 8.78 Å². The third kappa shape index (κ3) is 9.07. The lowest BCUT2D eigenvalue weighted by Gasteiger charge is -2.33. The Hall–Kier alpha value is -7.12. The SMILES string of the molecule is Cc1ncn(C)c1-c1cnc2c3c(S(C)(=O)=O)cccc3n(C(c3ccccc3F)C3CCOCC3)c2c1.Cc1ncn(C)c1-c1cnc2c3c(S(C)(=O)=O)cccc3n(C(c3ccccc3F)C3CCOCC3)c2c1. The number of hydrogen-bond donors (Lipinski definition) is 0. The molecule has 10 aromatic rings. The molecule has 0 N–H and O–H groups in total. The Morgan fingerprint density at radius 2 is 0.908 bits per heavy atom. The van der Waals surface area contributed by atoms with Gasteiger partial charge in [-0.3, -0.25) is 9.97 Å². The molecule has 0 aliphatic carbocycles. The molecule has 14 nitrogen and oxygen atoms in total. The number of ether oxygens (including phenoxy) is 2. The molecule has 2 unspecified atom stereocenters. The van der Waals surface area contributed by atoms with Crippen LogP contribution in [-0.2, 0) is 43.2 Å². The van der Waals surface area contributed by atoms with E-state index in [2.05, 4.69) is 19.1 Å². The van der Waals surface area contributed by atoms with Crippen LogP contribution < -0.4 is 0 Å². The van der Waals surface area contributed by atoms with Crippen molar-refractivity contribution in [1.29, 1.82) is 0 Å². The Labute approximate surface area is 439 Å². The predicted octanol–water partition coefficient (Wildman–Crippen LogP) is 10.9. The lowest BCUT2D eigenvalue weighted by molar-refractivity contribution is 0.0547. The van der Waals surface area contributed by atoms with Gasteiger partial charge in [0.15, 0.2) is 19.7 Å². The monoisotopic (exact) mass is 1060 g/mol. The Morgan fingerprint density at radius 1 is 0.526 bits per heavy atom. The van der Waals surface area contributed by atoms with Crippen molar-refractivity contribution < 1.29 is 35.1 Å². The highest BCUT2D eigenvalue weighted by Gasteiger charge is 2.35. The quantitative estimate of drug-likeness (QED) is 0.129. The number of halogens is 2. The minimum atomic E-state index is -3.56. The van der Waals surface area contributed by atoms with E-state index in [1.165, 1.54) is 24.6 Å². The first kappa shape index (κ1) is 51.0. The number of fused-ring (bicyclic) bond motifs is 6. The van der Waals surface area contributed by atoms with E-state index in [0.29, 0.717) is 70.4 Å². The molecule has 2 atom stereocenters. The minimum absolute atomic E-state index is 0.0865. The normalized spacial score (nSPS) is 15.9. The summed E-state index contributed by atoms with van der Waals surface area (Å²) in [6.07, 6.45) is 12.5. The van der Waals surface area contributed by atoms with Gasteiger partial charge in [0.05, 0.1) is 90.4 Å². The van der Waals surface area contributed by atoms with E-state index in [-0.39, 0.29) is 45.3 Å². The van der Waals surface area contributed by atoms with Crippen LogP contribution in [0.5, 0.6) is 0 Å². The van der Waals surface area contributed by atoms with Gasteiger partial charge in [-0.1, -0.05) is 48.5 Å². The fraction of sp³-hybridized carbons (Fsp3) is 0.310. The lowest BCUT2D eigenvalue weighted by Crippen LogP contribution is -2.27. The molecule has 392 valence electrons. The summed E-state index contributed by atoms with van der Waals surface area (Å²) in [5.74, 6) is -0.401. The van der Waals surface area contributed by atoms with Crippen LogP contribution in [0, 0.1) is 37.3 Å². The molecular formula is C58H58F2N8O6S2. The van der Waals surface area contributed by atoms with Crippen LogP contribution in [0.25, 0.3) is 66.4 Å². The summed E-state index contributed by atoms with van der Waals surface area (Å²) in [5.41, 5.74) is 10.6. The molecule has 6 aromatic heterocycles. The topological polar surface area (TPSA) is 158 Å². The highest BCUT2D eigenvalue weighted by atomic mass is 32.2. The number of hydrogen-bond acceptors (Lipinski definition) is 10. The minimum Gasteiger partial charge on any atom is -0.381 e. The van der Waals surface area contributed by atoms with E-state index in [1.807, 2.05) is 85.6 Å². The molecule has 0 radical (unpaired) electrons. The van der Waals surface area contributed by atoms with Crippen molar-refractivity contribution in [3.63, 3.8) is 0 Å². The number of rotatable bonds is 10. The molecule has 2 aliphatic rings. The van der Waals surface area contributed by atoms with Crippen LogP contribution in [0.15, 0.2) is 132 Å². The van der Waals surface area contributed by atoms with Gasteiger partial charge in [-0.05, 0) is 99.9 Å². The average Bonchev–Trinajstić information content (AvgIpc) is 4.27. The number of benzene rings is 4. The smallest absolute Gasteiger partial charge is 0.176 e. The van der Waals surface area contributed by atoms with Gasteiger partial charge in [-0.25, -0.2) is 35.6 Å². The lowest BCUT2D eigenvalue weighted by atomic mass is 9.86. The third-order valence-corrected chi connectivity index (χ3v) is 17.5. The van der Waals surface area contributed by atoms with Crippen LogP contribution in [0.3, 0.4) is 0 Å². The highest BCUT2D eigenvalue weighted by molar-refractivity contribution is 7.91. The molecule has 0 spiro atoms. The number of imidazole rings is 2. The third-order valence-electron chi connectivity index (χ3n) is 15.3. The van der Waals surface area contributed by atoms with Gasteiger partial charge in [0.2, 0.25) is 0 Å². The number of aromatic nitrogens is 8. The first-order chi connectivity index (χ1) is 36.5. The maximum Gasteiger partial charge on any atom is 0.176 e. The van der Waals surface area contributed by atoms with Crippen LogP contribution in [0.2, 0.25) is 0 Å². The van der Waals surface area contributed by atoms with Crippen molar-refractivity contribution in [1.82, 2.24) is 38.2 Å². The molecule has 76 heavy (non-hydrogen) atoms. The van der Waals surface area contributed by atoms with E-state index >= 15 is 8.78 Å². The maximum atomic E-state index is 15.5. The summed E-state index contributed by atoms with van der Waals surface area (Å²) >= 11 is 0. The van der Waals surface area contributed by atoms with Crippen LogP contribution >= 0.6 is 0 Å². The maximum absolute atomic E-state index is 15.5. The summed E-state index contributed by atoms with van der Waals surface area (Å²) in [7, 11) is -3.26. The first-order valence-electron chi connectivity index (χ1n) is 25.4. The van der Waals surface area contributed by atoms with Crippen molar-refractivity contribution in [2.45, 2.75) is 61.4 Å². The second kappa shape index (κ2) is 20.1. The molecule has 0 bridgehead atoms. The molecular weight excluding hydrogens is 1010 g/mol. The Morgan fingerprint density at radius 3 is 1.25 bits per heavy atom. The molecule has 4 aromatic carbocycles. The molecule has 0 saturated carbocycles. The second-order valence-corrected chi connectivity index (χ2v) is 24.1. The molecule has 12 rings (SSSR count). The molecule has 0 amide bonds. The van der Waals surface area contributed by atoms with Gasteiger partial charge < -0.3 is 27.7 Å². The van der Waals surface area contributed by atoms with Crippen molar-refractivity contribution in [2.75, 3.05) is 38.9 Å². The Kier molecular flexibility index (Phi) is 13.5. The summed E-state index contributed by atoms with van der Waals surface area (Å²) in [6.45, 7) is 6.28. The summed E-state index contributed by atoms with van der Waals surface area (Å²) in [5, 5.41) is 1.12. The Bertz CT molecular complexity index is 3790. The number of pyridine rings is 2. The highest BCUT2D eigenvalue weighted by Crippen LogP contribution is 2.45. The molecule has 18 heteroatoms. The zero-order valence-corrected chi connectivity index (χ0v) is 44.7. The average molecular weight is 1070 g/mol. The molecule has 8 heterocycles. The van der Waals surface area contributed by atoms with Gasteiger partial charge in [0.1, 0.15) is 11.6 Å². The van der Waals surface area contributed by atoms with Gasteiger partial charge in [-0.15, -0.1) is 0 Å². The number of aryl methyl sites for hydroxylation is 4. The molecule has 2 aliphatic heterocycles. The first-order valence-corrected chi connectivity index (χ1v) is 29.2. The van der Waals surface area contributed by atoms with Crippen LogP contribution in [0.1, 0.15) is 60.3 Å². The van der Waals surface area contributed by atoms with E-state index < -0.39 is 19.7 Å². The van der Waals surface area contributed by atoms with Crippen molar-refractivity contribution in [3.05, 3.63) is 156 Å². The van der Waals surface area contributed by atoms with Crippen molar-refractivity contribution >= 4 is 63.5 Å². The van der Waals surface area contributed by atoms with Gasteiger partial charge in [-0.2, -0.15) is 0 Å². The zero-order valence-electron chi connectivity index (χ0n) is 43.1. The molecule has 2 fully saturated rings. The standard InChI is InChI=1S/2C29H29FN4O3S/c2*1-18-28(33(2)17-32-18)20-15-24-27(31-16-20)26-23(9-6-10-25(26)38(3,35)36)34(24)29(19-11-13-37-14-12-19)21-7-4-5-8-22(21)30/h2*4-10,15-17,19,29H,11-14H2,1-3H3. The van der Waals surface area contributed by atoms with Crippen molar-refractivity contribution in [2.24, 2.45) is 25.9 Å². The zero-order chi connectivity index (χ0) is 53.2. The summed E-state index contributed by atoms with van der Waals surface area (Å²) in [6, 6.07) is 27.6. The second-order valence-electron chi connectivity index (χ2n) is 20.2. The van der Waals surface area contributed by atoms with Gasteiger partial charge in [0.25, 0.3) is 0 Å². The van der Waals surface area contributed by atoms with E-state index in [4.69, 9.17) is 19.4 Å². The largest absolute Gasteiger partial charge is 0.381 e. The van der Waals surface area contributed by atoms with E-state index in [9.17, 15) is 16.8 Å². The van der Waals surface area contributed by atoms with Gasteiger partial charge >= 0.3 is 0 Å². The van der Waals surface area contributed by atoms with E-state index in [0.717, 1.165) is 70.6 Å². The number of nitrogens with zero attached hydrogens (tertiary/aromatic N) is 8. The Balaban J connectivity index is 0.000000162. The van der Waals surface area contributed by atoms with Crippen LogP contribution in [-0.4, -0.2) is 94.0 Å². The van der Waals surface area contributed by atoms with E-state index in [1.54, 1.807) is 61.4 Å². The van der Waals surface area contributed by atoms with Gasteiger partial charge in [0, 0.05) is 98.5 Å². The molecule has 2 saturated heterocycles.